The molecule has 0 saturated heterocycles. The van der Waals surface area contributed by atoms with Crippen LogP contribution in [0.5, 0.6) is 17.2 Å². The summed E-state index contributed by atoms with van der Waals surface area (Å²) in [4.78, 5) is 33.8. The fourth-order valence-electron chi connectivity index (χ4n) is 3.28. The molecule has 1 heterocycles. The van der Waals surface area contributed by atoms with Gasteiger partial charge in [0.25, 0.3) is 17.3 Å². The summed E-state index contributed by atoms with van der Waals surface area (Å²) >= 11 is 12.0. The van der Waals surface area contributed by atoms with Crippen LogP contribution >= 0.6 is 23.2 Å². The van der Waals surface area contributed by atoms with Crippen LogP contribution in [-0.4, -0.2) is 25.5 Å². The minimum Gasteiger partial charge on any atom is -0.470 e. The number of rotatable bonds is 9. The van der Waals surface area contributed by atoms with Gasteiger partial charge in [0.05, 0.1) is 26.6 Å². The van der Waals surface area contributed by atoms with Crippen LogP contribution in [0.1, 0.15) is 16.1 Å². The molecule has 4 aromatic rings. The minimum absolute atomic E-state index is 0.00548. The quantitative estimate of drug-likeness (QED) is 0.183. The summed E-state index contributed by atoms with van der Waals surface area (Å²) in [6.07, 6.45) is 1.47. The van der Waals surface area contributed by atoms with E-state index in [1.54, 1.807) is 25.1 Å². The number of carbonyl (C=O) groups excluding carboxylic acids is 1. The second kappa shape index (κ2) is 11.2. The third-order valence-electron chi connectivity index (χ3n) is 5.08. The molecule has 0 aliphatic carbocycles. The molecule has 12 nitrogen and oxygen atoms in total. The van der Waals surface area contributed by atoms with Gasteiger partial charge in [-0.25, -0.2) is 4.68 Å². The van der Waals surface area contributed by atoms with Gasteiger partial charge in [-0.15, -0.1) is 0 Å². The fraction of sp³-hybridized carbons (Fsp3) is 0.0833. The maximum absolute atomic E-state index is 12.8. The third kappa shape index (κ3) is 6.35. The lowest BCUT2D eigenvalue weighted by molar-refractivity contribution is -0.385. The van der Waals surface area contributed by atoms with Gasteiger partial charge in [0.1, 0.15) is 17.2 Å². The normalized spacial score (nSPS) is 10.6. The Hall–Kier alpha value is -4.68. The third-order valence-corrected chi connectivity index (χ3v) is 5.61. The molecular formula is C24H17Cl2N5O7. The van der Waals surface area contributed by atoms with Crippen LogP contribution in [0.25, 0.3) is 0 Å². The number of nitro benzene ring substituents is 2. The van der Waals surface area contributed by atoms with Crippen molar-refractivity contribution in [1.29, 1.82) is 0 Å². The Labute approximate surface area is 224 Å². The molecule has 0 saturated carbocycles. The first-order chi connectivity index (χ1) is 18.1. The topological polar surface area (TPSA) is 152 Å². The number of benzene rings is 3. The van der Waals surface area contributed by atoms with Crippen LogP contribution in [0.2, 0.25) is 10.0 Å². The average molecular weight is 558 g/mol. The van der Waals surface area contributed by atoms with E-state index in [9.17, 15) is 25.0 Å². The van der Waals surface area contributed by atoms with Crippen LogP contribution in [0.4, 0.5) is 17.1 Å². The summed E-state index contributed by atoms with van der Waals surface area (Å²) in [7, 11) is 0. The van der Waals surface area contributed by atoms with Crippen LogP contribution in [0.3, 0.4) is 0 Å². The average Bonchev–Trinajstić information content (AvgIpc) is 3.34. The molecule has 1 N–H and O–H groups in total. The monoisotopic (exact) mass is 557 g/mol. The number of nitrogens with one attached hydrogen (secondary N) is 1. The number of nitrogens with zero attached hydrogens (tertiary/aromatic N) is 4. The van der Waals surface area contributed by atoms with E-state index < -0.39 is 15.8 Å². The Morgan fingerprint density at radius 3 is 2.39 bits per heavy atom. The first kappa shape index (κ1) is 26.4. The van der Waals surface area contributed by atoms with Crippen molar-refractivity contribution in [1.82, 2.24) is 9.78 Å². The Bertz CT molecular complexity index is 1560. The molecule has 0 radical (unpaired) electrons. The molecule has 0 fully saturated rings. The van der Waals surface area contributed by atoms with Gasteiger partial charge >= 0.3 is 0 Å². The number of aromatic nitrogens is 2. The lowest BCUT2D eigenvalue weighted by Gasteiger charge is -2.11. The minimum atomic E-state index is -0.633. The van der Waals surface area contributed by atoms with Crippen LogP contribution < -0.4 is 14.8 Å². The summed E-state index contributed by atoms with van der Waals surface area (Å²) in [5, 5.41) is 29.5. The number of aryl methyl sites for hydroxylation is 1. The molecule has 0 atom stereocenters. The summed E-state index contributed by atoms with van der Waals surface area (Å²) in [6, 6.07) is 14.0. The first-order valence-corrected chi connectivity index (χ1v) is 11.5. The van der Waals surface area contributed by atoms with Crippen molar-refractivity contribution >= 4 is 46.2 Å². The lowest BCUT2D eigenvalue weighted by Crippen LogP contribution is -2.14. The number of amides is 1. The van der Waals surface area contributed by atoms with E-state index in [2.05, 4.69) is 10.4 Å². The molecule has 4 rings (SSSR count). The van der Waals surface area contributed by atoms with E-state index in [0.717, 1.165) is 11.6 Å². The molecule has 38 heavy (non-hydrogen) atoms. The zero-order valence-electron chi connectivity index (χ0n) is 19.5. The molecule has 3 aromatic carbocycles. The lowest BCUT2D eigenvalue weighted by atomic mass is 10.2. The van der Waals surface area contributed by atoms with Crippen molar-refractivity contribution in [3.05, 3.63) is 108 Å². The molecule has 14 heteroatoms. The highest BCUT2D eigenvalue weighted by molar-refractivity contribution is 6.32. The molecule has 0 spiro atoms. The highest BCUT2D eigenvalue weighted by atomic mass is 35.5. The van der Waals surface area contributed by atoms with E-state index in [0.29, 0.717) is 10.8 Å². The van der Waals surface area contributed by atoms with Crippen molar-refractivity contribution in [2.45, 2.75) is 13.7 Å². The van der Waals surface area contributed by atoms with Crippen LogP contribution in [0.15, 0.2) is 66.9 Å². The van der Waals surface area contributed by atoms with E-state index in [4.69, 9.17) is 32.7 Å². The highest BCUT2D eigenvalue weighted by Gasteiger charge is 2.17. The predicted molar refractivity (Wildman–Crippen MR) is 138 cm³/mol. The van der Waals surface area contributed by atoms with Crippen molar-refractivity contribution in [3.8, 4) is 17.2 Å². The van der Waals surface area contributed by atoms with Gasteiger partial charge in [-0.2, -0.15) is 5.10 Å². The number of hydrogen-bond donors (Lipinski definition) is 1. The number of anilines is 1. The van der Waals surface area contributed by atoms with E-state index >= 15 is 0 Å². The SMILES string of the molecule is Cc1cc(Cl)ccc1Oc1cc(NC(=O)c2ccn(COc3ccc([N+](=O)[O-])cc3Cl)n2)cc([N+](=O)[O-])c1. The Balaban J connectivity index is 1.46. The molecule has 1 aromatic heterocycles. The highest BCUT2D eigenvalue weighted by Crippen LogP contribution is 2.32. The number of ether oxygens (including phenoxy) is 2. The van der Waals surface area contributed by atoms with Crippen LogP contribution in [-0.2, 0) is 6.73 Å². The number of non-ortho nitro benzene ring substituents is 2. The van der Waals surface area contributed by atoms with Crippen molar-refractivity contribution in [3.63, 3.8) is 0 Å². The zero-order valence-corrected chi connectivity index (χ0v) is 21.0. The number of hydrogen-bond acceptors (Lipinski definition) is 8. The molecule has 194 valence electrons. The number of halogens is 2. The van der Waals surface area contributed by atoms with Crippen molar-refractivity contribution in [2.24, 2.45) is 0 Å². The summed E-state index contributed by atoms with van der Waals surface area (Å²) < 4.78 is 12.6. The number of carbonyl (C=O) groups is 1. The van der Waals surface area contributed by atoms with Gasteiger partial charge in [-0.3, -0.25) is 25.0 Å². The van der Waals surface area contributed by atoms with E-state index in [-0.39, 0.29) is 46.0 Å². The maximum Gasteiger partial charge on any atom is 0.276 e. The maximum atomic E-state index is 12.8. The smallest absolute Gasteiger partial charge is 0.276 e. The van der Waals surface area contributed by atoms with E-state index in [1.165, 1.54) is 47.3 Å². The van der Waals surface area contributed by atoms with Gasteiger partial charge in [-0.05, 0) is 42.8 Å². The van der Waals surface area contributed by atoms with Gasteiger partial charge in [0.15, 0.2) is 12.4 Å². The summed E-state index contributed by atoms with van der Waals surface area (Å²) in [6.45, 7) is 1.64. The van der Waals surface area contributed by atoms with Gasteiger partial charge in [0, 0.05) is 35.5 Å². The predicted octanol–water partition coefficient (Wildman–Crippen LogP) is 6.40. The Morgan fingerprint density at radius 2 is 1.71 bits per heavy atom. The van der Waals surface area contributed by atoms with Gasteiger partial charge < -0.3 is 14.8 Å². The molecular weight excluding hydrogens is 541 g/mol. The summed E-state index contributed by atoms with van der Waals surface area (Å²) in [5.74, 6) is 0.142. The van der Waals surface area contributed by atoms with Crippen molar-refractivity contribution in [2.75, 3.05) is 5.32 Å². The fourth-order valence-corrected chi connectivity index (χ4v) is 3.74. The van der Waals surface area contributed by atoms with Crippen LogP contribution in [0, 0.1) is 27.2 Å². The standard InChI is InChI=1S/C24H17Cl2N5O7/c1-14-8-15(25)2-4-22(14)38-19-10-16(9-18(11-19)31(35)36)27-24(32)21-6-7-29(28-21)13-37-23-5-3-17(30(33)34)12-20(23)26/h2-12H,13H2,1H3,(H,27,32). The zero-order chi connectivity index (χ0) is 27.4. The Kier molecular flexibility index (Phi) is 7.74. The first-order valence-electron chi connectivity index (χ1n) is 10.7. The largest absolute Gasteiger partial charge is 0.470 e. The second-order valence-corrected chi connectivity index (χ2v) is 8.67. The Morgan fingerprint density at radius 1 is 0.974 bits per heavy atom. The molecule has 0 aliphatic heterocycles. The second-order valence-electron chi connectivity index (χ2n) is 7.82. The molecule has 0 unspecified atom stereocenters. The molecule has 0 bridgehead atoms. The number of nitro groups is 2. The molecule has 1 amide bonds. The molecule has 0 aliphatic rings. The van der Waals surface area contributed by atoms with Gasteiger partial charge in [0.2, 0.25) is 0 Å². The van der Waals surface area contributed by atoms with Gasteiger partial charge in [-0.1, -0.05) is 23.2 Å². The van der Waals surface area contributed by atoms with Crippen molar-refractivity contribution < 1.29 is 24.1 Å². The summed E-state index contributed by atoms with van der Waals surface area (Å²) in [5.41, 5.74) is 0.374. The van der Waals surface area contributed by atoms with E-state index in [1.807, 2.05) is 0 Å².